The summed E-state index contributed by atoms with van der Waals surface area (Å²) >= 11 is 0. The van der Waals surface area contributed by atoms with Crippen molar-refractivity contribution in [2.45, 2.75) is 51.5 Å². The molecule has 0 aliphatic heterocycles. The standard InChI is InChI=1S/C12H23N5/c1-3-14-11-16-15-10(17(11)4-2)12(9-13)7-5-6-8-12/h3-9,13H2,1-2H3,(H,14,16). The van der Waals surface area contributed by atoms with Crippen LogP contribution in [0.2, 0.25) is 0 Å². The quantitative estimate of drug-likeness (QED) is 0.814. The molecule has 1 aliphatic rings. The highest BCUT2D eigenvalue weighted by Crippen LogP contribution is 2.39. The van der Waals surface area contributed by atoms with Gasteiger partial charge in [-0.15, -0.1) is 10.2 Å². The van der Waals surface area contributed by atoms with E-state index >= 15 is 0 Å². The van der Waals surface area contributed by atoms with Crippen LogP contribution < -0.4 is 11.1 Å². The van der Waals surface area contributed by atoms with Crippen molar-refractivity contribution >= 4 is 5.95 Å². The number of rotatable bonds is 5. The zero-order chi connectivity index (χ0) is 12.3. The maximum absolute atomic E-state index is 6.01. The first kappa shape index (κ1) is 12.4. The molecule has 1 heterocycles. The molecular weight excluding hydrogens is 214 g/mol. The van der Waals surface area contributed by atoms with Gasteiger partial charge in [0.15, 0.2) is 0 Å². The molecule has 5 nitrogen and oxygen atoms in total. The van der Waals surface area contributed by atoms with Crippen LogP contribution >= 0.6 is 0 Å². The normalized spacial score (nSPS) is 18.5. The zero-order valence-corrected chi connectivity index (χ0v) is 10.9. The molecule has 0 atom stereocenters. The van der Waals surface area contributed by atoms with Gasteiger partial charge in [-0.2, -0.15) is 0 Å². The second-order valence-corrected chi connectivity index (χ2v) is 4.81. The largest absolute Gasteiger partial charge is 0.355 e. The second-order valence-electron chi connectivity index (χ2n) is 4.81. The van der Waals surface area contributed by atoms with Crippen LogP contribution in [-0.4, -0.2) is 27.9 Å². The molecule has 3 N–H and O–H groups in total. The predicted octanol–water partition coefficient (Wildman–Crippen LogP) is 1.50. The zero-order valence-electron chi connectivity index (χ0n) is 10.9. The predicted molar refractivity (Wildman–Crippen MR) is 69.1 cm³/mol. The van der Waals surface area contributed by atoms with E-state index < -0.39 is 0 Å². The van der Waals surface area contributed by atoms with E-state index in [0.29, 0.717) is 6.54 Å². The van der Waals surface area contributed by atoms with E-state index in [9.17, 15) is 0 Å². The van der Waals surface area contributed by atoms with Crippen LogP contribution in [0.1, 0.15) is 45.4 Å². The lowest BCUT2D eigenvalue weighted by Crippen LogP contribution is -2.35. The molecule has 0 saturated heterocycles. The fourth-order valence-corrected chi connectivity index (χ4v) is 2.85. The van der Waals surface area contributed by atoms with Gasteiger partial charge < -0.3 is 11.1 Å². The van der Waals surface area contributed by atoms with E-state index in [1.54, 1.807) is 0 Å². The van der Waals surface area contributed by atoms with Crippen molar-refractivity contribution in [2.24, 2.45) is 5.73 Å². The van der Waals surface area contributed by atoms with Crippen molar-refractivity contribution in [2.75, 3.05) is 18.4 Å². The first-order chi connectivity index (χ1) is 8.27. The van der Waals surface area contributed by atoms with Gasteiger partial charge in [-0.1, -0.05) is 12.8 Å². The van der Waals surface area contributed by atoms with Gasteiger partial charge in [0.1, 0.15) is 5.82 Å². The molecule has 1 fully saturated rings. The van der Waals surface area contributed by atoms with Gasteiger partial charge in [-0.25, -0.2) is 0 Å². The maximum Gasteiger partial charge on any atom is 0.224 e. The first-order valence-electron chi connectivity index (χ1n) is 6.65. The molecule has 2 rings (SSSR count). The molecule has 0 amide bonds. The molecule has 0 bridgehead atoms. The van der Waals surface area contributed by atoms with Crippen molar-refractivity contribution in [3.63, 3.8) is 0 Å². The molecule has 0 radical (unpaired) electrons. The van der Waals surface area contributed by atoms with Gasteiger partial charge in [0.2, 0.25) is 5.95 Å². The Morgan fingerprint density at radius 1 is 1.29 bits per heavy atom. The van der Waals surface area contributed by atoms with E-state index in [1.165, 1.54) is 12.8 Å². The van der Waals surface area contributed by atoms with Crippen molar-refractivity contribution < 1.29 is 0 Å². The number of nitrogens with one attached hydrogen (secondary N) is 1. The number of nitrogens with zero attached hydrogens (tertiary/aromatic N) is 3. The number of anilines is 1. The minimum atomic E-state index is 0.0662. The Hall–Kier alpha value is -1.10. The van der Waals surface area contributed by atoms with E-state index in [4.69, 9.17) is 5.73 Å². The monoisotopic (exact) mass is 237 g/mol. The highest BCUT2D eigenvalue weighted by molar-refractivity contribution is 5.29. The van der Waals surface area contributed by atoms with Crippen LogP contribution in [0, 0.1) is 0 Å². The van der Waals surface area contributed by atoms with Crippen LogP contribution in [0.5, 0.6) is 0 Å². The van der Waals surface area contributed by atoms with E-state index in [-0.39, 0.29) is 5.41 Å². The molecule has 1 aromatic heterocycles. The smallest absolute Gasteiger partial charge is 0.224 e. The molecule has 0 spiro atoms. The molecule has 96 valence electrons. The van der Waals surface area contributed by atoms with Crippen molar-refractivity contribution in [1.29, 1.82) is 0 Å². The Labute approximate surface area is 103 Å². The Morgan fingerprint density at radius 3 is 2.53 bits per heavy atom. The Kier molecular flexibility index (Phi) is 3.66. The molecule has 0 unspecified atom stereocenters. The summed E-state index contributed by atoms with van der Waals surface area (Å²) in [6.45, 7) is 6.65. The minimum absolute atomic E-state index is 0.0662. The Morgan fingerprint density at radius 2 is 2.00 bits per heavy atom. The van der Waals surface area contributed by atoms with Crippen LogP contribution in [-0.2, 0) is 12.0 Å². The summed E-state index contributed by atoms with van der Waals surface area (Å²) in [6, 6.07) is 0. The Balaban J connectivity index is 2.36. The van der Waals surface area contributed by atoms with Crippen LogP contribution in [0.15, 0.2) is 0 Å². The van der Waals surface area contributed by atoms with Gasteiger partial charge >= 0.3 is 0 Å². The fraction of sp³-hybridized carbons (Fsp3) is 0.833. The lowest BCUT2D eigenvalue weighted by atomic mass is 9.85. The highest BCUT2D eigenvalue weighted by atomic mass is 15.4. The van der Waals surface area contributed by atoms with E-state index in [0.717, 1.165) is 37.7 Å². The summed E-state index contributed by atoms with van der Waals surface area (Å²) in [5, 5.41) is 11.9. The Bertz CT molecular complexity index is 365. The van der Waals surface area contributed by atoms with Gasteiger partial charge in [0.05, 0.1) is 0 Å². The SMILES string of the molecule is CCNc1nnc(C2(CN)CCCC2)n1CC. The van der Waals surface area contributed by atoms with Crippen LogP contribution in [0.4, 0.5) is 5.95 Å². The van der Waals surface area contributed by atoms with Gasteiger partial charge in [-0.05, 0) is 26.7 Å². The van der Waals surface area contributed by atoms with Crippen molar-refractivity contribution in [3.05, 3.63) is 5.82 Å². The van der Waals surface area contributed by atoms with Crippen molar-refractivity contribution in [3.8, 4) is 0 Å². The number of hydrogen-bond donors (Lipinski definition) is 2. The second kappa shape index (κ2) is 5.04. The third-order valence-corrected chi connectivity index (χ3v) is 3.83. The van der Waals surface area contributed by atoms with Gasteiger partial charge in [0, 0.05) is 25.0 Å². The summed E-state index contributed by atoms with van der Waals surface area (Å²) in [7, 11) is 0. The molecule has 5 heteroatoms. The third-order valence-electron chi connectivity index (χ3n) is 3.83. The summed E-state index contributed by atoms with van der Waals surface area (Å²) in [6.07, 6.45) is 4.80. The first-order valence-corrected chi connectivity index (χ1v) is 6.65. The summed E-state index contributed by atoms with van der Waals surface area (Å²) < 4.78 is 2.18. The summed E-state index contributed by atoms with van der Waals surface area (Å²) in [4.78, 5) is 0. The van der Waals surface area contributed by atoms with E-state index in [1.807, 2.05) is 0 Å². The average Bonchev–Trinajstić information content (AvgIpc) is 2.96. The van der Waals surface area contributed by atoms with Crippen LogP contribution in [0.3, 0.4) is 0 Å². The lowest BCUT2D eigenvalue weighted by Gasteiger charge is -2.26. The number of hydrogen-bond acceptors (Lipinski definition) is 4. The van der Waals surface area contributed by atoms with Gasteiger partial charge in [0.25, 0.3) is 0 Å². The van der Waals surface area contributed by atoms with E-state index in [2.05, 4.69) is 33.9 Å². The maximum atomic E-state index is 6.01. The number of nitrogens with two attached hydrogens (primary N) is 1. The molecule has 1 aliphatic carbocycles. The number of aromatic nitrogens is 3. The highest BCUT2D eigenvalue weighted by Gasteiger charge is 2.39. The molecular formula is C12H23N5. The third kappa shape index (κ3) is 2.04. The summed E-state index contributed by atoms with van der Waals surface area (Å²) in [5.74, 6) is 1.96. The fourth-order valence-electron chi connectivity index (χ4n) is 2.85. The molecule has 17 heavy (non-hydrogen) atoms. The topological polar surface area (TPSA) is 68.8 Å². The molecule has 0 aromatic carbocycles. The van der Waals surface area contributed by atoms with Crippen LogP contribution in [0.25, 0.3) is 0 Å². The minimum Gasteiger partial charge on any atom is -0.355 e. The molecule has 1 aromatic rings. The van der Waals surface area contributed by atoms with Gasteiger partial charge in [-0.3, -0.25) is 4.57 Å². The summed E-state index contributed by atoms with van der Waals surface area (Å²) in [5.41, 5.74) is 6.07. The molecule has 1 saturated carbocycles. The lowest BCUT2D eigenvalue weighted by molar-refractivity contribution is 0.404. The van der Waals surface area contributed by atoms with Crippen molar-refractivity contribution in [1.82, 2.24) is 14.8 Å². The average molecular weight is 237 g/mol.